The summed E-state index contributed by atoms with van der Waals surface area (Å²) in [5, 5.41) is 0.646. The van der Waals surface area contributed by atoms with Gasteiger partial charge in [0.25, 0.3) is 0 Å². The van der Waals surface area contributed by atoms with Gasteiger partial charge >= 0.3 is 0 Å². The molecule has 1 saturated heterocycles. The van der Waals surface area contributed by atoms with Crippen molar-refractivity contribution >= 4 is 28.8 Å². The van der Waals surface area contributed by atoms with E-state index in [2.05, 4.69) is 0 Å². The van der Waals surface area contributed by atoms with E-state index in [9.17, 15) is 0 Å². The van der Waals surface area contributed by atoms with Crippen molar-refractivity contribution in [1.82, 2.24) is 0 Å². The normalized spacial score (nSPS) is 16.7. The monoisotopic (exact) mass is 285 g/mol. The van der Waals surface area contributed by atoms with Crippen LogP contribution in [-0.2, 0) is 16.1 Å². The predicted octanol–water partition coefficient (Wildman–Crippen LogP) is 2.67. The van der Waals surface area contributed by atoms with Crippen molar-refractivity contribution in [3.63, 3.8) is 0 Å². The van der Waals surface area contributed by atoms with E-state index in [1.807, 2.05) is 12.1 Å². The van der Waals surface area contributed by atoms with Crippen LogP contribution in [0.25, 0.3) is 0 Å². The molecule has 1 aliphatic rings. The van der Waals surface area contributed by atoms with E-state index in [1.54, 1.807) is 6.07 Å². The first kappa shape index (κ1) is 13.7. The number of ether oxygens (including phenoxy) is 2. The number of benzene rings is 1. The minimum absolute atomic E-state index is 0.269. The van der Waals surface area contributed by atoms with Gasteiger partial charge in [0.15, 0.2) is 0 Å². The molecule has 0 amide bonds. The molecule has 0 aromatic heterocycles. The molecule has 0 bridgehead atoms. The Labute approximate surface area is 117 Å². The van der Waals surface area contributed by atoms with Crippen LogP contribution in [0.5, 0.6) is 0 Å². The highest BCUT2D eigenvalue weighted by Gasteiger charge is 2.14. The number of halogens is 1. The molecule has 5 heteroatoms. The molecule has 0 radical (unpaired) electrons. The molecule has 98 valence electrons. The molecular formula is C13H16ClNO2S. The first-order valence-corrected chi connectivity index (χ1v) is 6.73. The molecule has 3 nitrogen and oxygen atoms in total. The van der Waals surface area contributed by atoms with Crippen LogP contribution in [0, 0.1) is 0 Å². The summed E-state index contributed by atoms with van der Waals surface area (Å²) in [7, 11) is 0. The molecule has 2 rings (SSSR count). The quantitative estimate of drug-likeness (QED) is 0.864. The van der Waals surface area contributed by atoms with Crippen molar-refractivity contribution in [3.8, 4) is 0 Å². The van der Waals surface area contributed by atoms with Crippen LogP contribution in [0.15, 0.2) is 18.2 Å². The molecule has 0 spiro atoms. The van der Waals surface area contributed by atoms with Crippen molar-refractivity contribution in [3.05, 3.63) is 34.3 Å². The Morgan fingerprint density at radius 3 is 2.78 bits per heavy atom. The first-order chi connectivity index (χ1) is 8.66. The lowest BCUT2D eigenvalue weighted by Crippen LogP contribution is -2.23. The van der Waals surface area contributed by atoms with Crippen molar-refractivity contribution in [2.45, 2.75) is 25.6 Å². The van der Waals surface area contributed by atoms with Gasteiger partial charge in [-0.2, -0.15) is 0 Å². The van der Waals surface area contributed by atoms with E-state index in [1.165, 1.54) is 0 Å². The number of thiocarbonyl (C=S) groups is 1. The standard InChI is InChI=1S/C13H16ClNO2S/c14-12-7-9(13(15)18)1-2-10(12)8-17-11-3-5-16-6-4-11/h1-2,7,11H,3-6,8H2,(H2,15,18). The maximum atomic E-state index is 6.17. The van der Waals surface area contributed by atoms with Crippen LogP contribution in [0.4, 0.5) is 0 Å². The zero-order chi connectivity index (χ0) is 13.0. The summed E-state index contributed by atoms with van der Waals surface area (Å²) in [6.45, 7) is 2.07. The molecule has 1 aromatic rings. The van der Waals surface area contributed by atoms with E-state index in [-0.39, 0.29) is 6.10 Å². The van der Waals surface area contributed by atoms with E-state index in [4.69, 9.17) is 39.0 Å². The highest BCUT2D eigenvalue weighted by atomic mass is 35.5. The van der Waals surface area contributed by atoms with Crippen molar-refractivity contribution < 1.29 is 9.47 Å². The van der Waals surface area contributed by atoms with E-state index < -0.39 is 0 Å². The van der Waals surface area contributed by atoms with Gasteiger partial charge in [0.05, 0.1) is 12.7 Å². The van der Waals surface area contributed by atoms with Crippen LogP contribution in [0.2, 0.25) is 5.02 Å². The lowest BCUT2D eigenvalue weighted by atomic mass is 10.1. The Bertz CT molecular complexity index is 433. The molecule has 18 heavy (non-hydrogen) atoms. The molecule has 1 aliphatic heterocycles. The highest BCUT2D eigenvalue weighted by Crippen LogP contribution is 2.21. The maximum Gasteiger partial charge on any atom is 0.104 e. The predicted molar refractivity (Wildman–Crippen MR) is 76.0 cm³/mol. The maximum absolute atomic E-state index is 6.17. The van der Waals surface area contributed by atoms with Crippen LogP contribution in [0.3, 0.4) is 0 Å². The minimum atomic E-state index is 0.269. The van der Waals surface area contributed by atoms with Gasteiger partial charge in [-0.3, -0.25) is 0 Å². The average Bonchev–Trinajstić information content (AvgIpc) is 2.38. The SMILES string of the molecule is NC(=S)c1ccc(COC2CCOCC2)c(Cl)c1. The molecule has 2 N–H and O–H groups in total. The second kappa shape index (κ2) is 6.48. The Morgan fingerprint density at radius 2 is 2.17 bits per heavy atom. The third-order valence-corrected chi connectivity index (χ3v) is 3.57. The third kappa shape index (κ3) is 3.65. The minimum Gasteiger partial charge on any atom is -0.389 e. The van der Waals surface area contributed by atoms with Crippen molar-refractivity contribution in [2.24, 2.45) is 5.73 Å². The summed E-state index contributed by atoms with van der Waals surface area (Å²) in [5.74, 6) is 0. The topological polar surface area (TPSA) is 44.5 Å². The van der Waals surface area contributed by atoms with Crippen molar-refractivity contribution in [2.75, 3.05) is 13.2 Å². The van der Waals surface area contributed by atoms with Crippen molar-refractivity contribution in [1.29, 1.82) is 0 Å². The molecule has 1 aromatic carbocycles. The van der Waals surface area contributed by atoms with Gasteiger partial charge in [-0.25, -0.2) is 0 Å². The Morgan fingerprint density at radius 1 is 1.44 bits per heavy atom. The largest absolute Gasteiger partial charge is 0.389 e. The number of nitrogens with two attached hydrogens (primary N) is 1. The fraction of sp³-hybridized carbons (Fsp3) is 0.462. The highest BCUT2D eigenvalue weighted by molar-refractivity contribution is 7.80. The second-order valence-corrected chi connectivity index (χ2v) is 5.14. The van der Waals surface area contributed by atoms with E-state index >= 15 is 0 Å². The van der Waals surface area contributed by atoms with Gasteiger partial charge in [-0.1, -0.05) is 36.0 Å². The van der Waals surface area contributed by atoms with Gasteiger partial charge in [-0.05, 0) is 24.5 Å². The zero-order valence-electron chi connectivity index (χ0n) is 10.0. The molecule has 1 fully saturated rings. The lowest BCUT2D eigenvalue weighted by Gasteiger charge is -2.22. The summed E-state index contributed by atoms with van der Waals surface area (Å²) < 4.78 is 11.1. The van der Waals surface area contributed by atoms with Crippen LogP contribution >= 0.6 is 23.8 Å². The fourth-order valence-corrected chi connectivity index (χ4v) is 2.23. The zero-order valence-corrected chi connectivity index (χ0v) is 11.6. The van der Waals surface area contributed by atoms with Gasteiger partial charge in [0, 0.05) is 23.8 Å². The fourth-order valence-electron chi connectivity index (χ4n) is 1.87. The summed E-state index contributed by atoms with van der Waals surface area (Å²) in [4.78, 5) is 0.355. The molecular weight excluding hydrogens is 270 g/mol. The summed E-state index contributed by atoms with van der Waals surface area (Å²) in [5.41, 5.74) is 7.29. The lowest BCUT2D eigenvalue weighted by molar-refractivity contribution is -0.0390. The number of rotatable bonds is 4. The molecule has 0 saturated carbocycles. The third-order valence-electron chi connectivity index (χ3n) is 2.98. The van der Waals surface area contributed by atoms with Gasteiger partial charge in [0.1, 0.15) is 4.99 Å². The van der Waals surface area contributed by atoms with E-state index in [0.717, 1.165) is 37.2 Å². The smallest absolute Gasteiger partial charge is 0.104 e. The summed E-state index contributed by atoms with van der Waals surface area (Å²) >= 11 is 11.1. The van der Waals surface area contributed by atoms with Gasteiger partial charge < -0.3 is 15.2 Å². The van der Waals surface area contributed by atoms with Gasteiger partial charge in [0.2, 0.25) is 0 Å². The number of hydrogen-bond acceptors (Lipinski definition) is 3. The van der Waals surface area contributed by atoms with Crippen LogP contribution in [0.1, 0.15) is 24.0 Å². The molecule has 0 unspecified atom stereocenters. The molecule has 0 aliphatic carbocycles. The molecule has 0 atom stereocenters. The summed E-state index contributed by atoms with van der Waals surface area (Å²) in [6.07, 6.45) is 2.16. The second-order valence-electron chi connectivity index (χ2n) is 4.29. The Kier molecular flexibility index (Phi) is 4.95. The summed E-state index contributed by atoms with van der Waals surface area (Å²) in [6, 6.07) is 5.57. The average molecular weight is 286 g/mol. The Balaban J connectivity index is 1.94. The van der Waals surface area contributed by atoms with Crippen LogP contribution in [-0.4, -0.2) is 24.3 Å². The number of hydrogen-bond donors (Lipinski definition) is 1. The van der Waals surface area contributed by atoms with E-state index in [0.29, 0.717) is 16.6 Å². The van der Waals surface area contributed by atoms with Gasteiger partial charge in [-0.15, -0.1) is 0 Å². The molecule has 1 heterocycles. The first-order valence-electron chi connectivity index (χ1n) is 5.94. The van der Waals surface area contributed by atoms with Crippen LogP contribution < -0.4 is 5.73 Å². The Hall–Kier alpha value is -0.680.